The number of carbonyl (C=O) groups is 1. The Kier molecular flexibility index (Phi) is 3.01. The Morgan fingerprint density at radius 1 is 1.62 bits per heavy atom. The summed E-state index contributed by atoms with van der Waals surface area (Å²) >= 11 is 0. The molecular weight excluding hydrogens is 166 g/mol. The van der Waals surface area contributed by atoms with Crippen molar-refractivity contribution in [1.29, 1.82) is 0 Å². The maximum absolute atomic E-state index is 10.6. The topological polar surface area (TPSA) is 50.2 Å². The molecule has 1 N–H and O–H groups in total. The first kappa shape index (κ1) is 9.71. The minimum absolute atomic E-state index is 0.261. The molecule has 1 aromatic heterocycles. The fourth-order valence-electron chi connectivity index (χ4n) is 1.22. The molecule has 0 fully saturated rings. The van der Waals surface area contributed by atoms with Crippen LogP contribution in [0.15, 0.2) is 12.3 Å². The summed E-state index contributed by atoms with van der Waals surface area (Å²) in [5.41, 5.74) is 2.21. The van der Waals surface area contributed by atoms with E-state index in [1.165, 1.54) is 6.20 Å². The summed E-state index contributed by atoms with van der Waals surface area (Å²) in [5, 5.41) is 8.69. The molecule has 3 nitrogen and oxygen atoms in total. The Morgan fingerprint density at radius 2 is 2.31 bits per heavy atom. The molecular formula is C10H13NO2. The average molecular weight is 179 g/mol. The van der Waals surface area contributed by atoms with Crippen LogP contribution in [0.3, 0.4) is 0 Å². The maximum atomic E-state index is 10.6. The van der Waals surface area contributed by atoms with E-state index in [-0.39, 0.29) is 5.56 Å². The van der Waals surface area contributed by atoms with Crippen molar-refractivity contribution in [2.75, 3.05) is 0 Å². The molecule has 0 saturated heterocycles. The van der Waals surface area contributed by atoms with Crippen molar-refractivity contribution in [3.05, 3.63) is 29.1 Å². The van der Waals surface area contributed by atoms with E-state index in [1.54, 1.807) is 6.07 Å². The van der Waals surface area contributed by atoms with Crippen molar-refractivity contribution in [3.8, 4) is 0 Å². The van der Waals surface area contributed by atoms with Gasteiger partial charge in [-0.2, -0.15) is 0 Å². The molecule has 13 heavy (non-hydrogen) atoms. The maximum Gasteiger partial charge on any atom is 0.337 e. The summed E-state index contributed by atoms with van der Waals surface area (Å²) in [4.78, 5) is 14.7. The van der Waals surface area contributed by atoms with Crippen LogP contribution in [0.1, 0.15) is 35.0 Å². The number of aromatic nitrogens is 1. The van der Waals surface area contributed by atoms with Gasteiger partial charge < -0.3 is 5.11 Å². The van der Waals surface area contributed by atoms with E-state index >= 15 is 0 Å². The quantitative estimate of drug-likeness (QED) is 0.772. The van der Waals surface area contributed by atoms with Gasteiger partial charge in [0.1, 0.15) is 0 Å². The van der Waals surface area contributed by atoms with Crippen LogP contribution in [0, 0.1) is 6.92 Å². The van der Waals surface area contributed by atoms with Gasteiger partial charge in [0, 0.05) is 11.9 Å². The fourth-order valence-corrected chi connectivity index (χ4v) is 1.22. The molecule has 0 aromatic carbocycles. The highest BCUT2D eigenvalue weighted by Crippen LogP contribution is 2.09. The summed E-state index contributed by atoms with van der Waals surface area (Å²) in [6, 6.07) is 1.67. The molecule has 0 aliphatic heterocycles. The van der Waals surface area contributed by atoms with Crippen molar-refractivity contribution in [1.82, 2.24) is 4.98 Å². The van der Waals surface area contributed by atoms with Crippen molar-refractivity contribution in [3.63, 3.8) is 0 Å². The predicted molar refractivity (Wildman–Crippen MR) is 49.9 cm³/mol. The molecule has 0 aliphatic rings. The number of hydrogen-bond donors (Lipinski definition) is 1. The standard InChI is InChI=1S/C10H13NO2/c1-3-4-9-7(2)5-8(6-11-9)10(12)13/h5-6H,3-4H2,1-2H3,(H,12,13). The van der Waals surface area contributed by atoms with E-state index in [1.807, 2.05) is 6.92 Å². The highest BCUT2D eigenvalue weighted by atomic mass is 16.4. The molecule has 1 heterocycles. The van der Waals surface area contributed by atoms with E-state index in [0.29, 0.717) is 0 Å². The molecule has 3 heteroatoms. The summed E-state index contributed by atoms with van der Waals surface area (Å²) in [6.45, 7) is 3.97. The lowest BCUT2D eigenvalue weighted by Gasteiger charge is -2.03. The third-order valence-electron chi connectivity index (χ3n) is 1.92. The van der Waals surface area contributed by atoms with Crippen molar-refractivity contribution < 1.29 is 9.90 Å². The van der Waals surface area contributed by atoms with E-state index in [0.717, 1.165) is 24.1 Å². The first-order valence-electron chi connectivity index (χ1n) is 4.34. The number of carboxylic acids is 1. The summed E-state index contributed by atoms with van der Waals surface area (Å²) < 4.78 is 0. The number of nitrogens with zero attached hydrogens (tertiary/aromatic N) is 1. The fraction of sp³-hybridized carbons (Fsp3) is 0.400. The number of hydrogen-bond acceptors (Lipinski definition) is 2. The minimum Gasteiger partial charge on any atom is -0.478 e. The minimum atomic E-state index is -0.918. The van der Waals surface area contributed by atoms with Gasteiger partial charge in [0.25, 0.3) is 0 Å². The van der Waals surface area contributed by atoms with Gasteiger partial charge >= 0.3 is 5.97 Å². The van der Waals surface area contributed by atoms with Crippen LogP contribution in [0.25, 0.3) is 0 Å². The van der Waals surface area contributed by atoms with Crippen LogP contribution in [0.5, 0.6) is 0 Å². The number of aryl methyl sites for hydroxylation is 2. The monoisotopic (exact) mass is 179 g/mol. The number of aromatic carboxylic acids is 1. The summed E-state index contributed by atoms with van der Waals surface area (Å²) in [5.74, 6) is -0.918. The van der Waals surface area contributed by atoms with Gasteiger partial charge in [-0.05, 0) is 25.0 Å². The van der Waals surface area contributed by atoms with Crippen molar-refractivity contribution in [2.45, 2.75) is 26.7 Å². The predicted octanol–water partition coefficient (Wildman–Crippen LogP) is 2.04. The second-order valence-corrected chi connectivity index (χ2v) is 3.04. The van der Waals surface area contributed by atoms with Crippen molar-refractivity contribution >= 4 is 5.97 Å². The third-order valence-corrected chi connectivity index (χ3v) is 1.92. The lowest BCUT2D eigenvalue weighted by Crippen LogP contribution is -2.01. The van der Waals surface area contributed by atoms with E-state index in [2.05, 4.69) is 11.9 Å². The van der Waals surface area contributed by atoms with Crippen LogP contribution in [-0.4, -0.2) is 16.1 Å². The summed E-state index contributed by atoms with van der Waals surface area (Å²) in [7, 11) is 0. The molecule has 0 atom stereocenters. The Hall–Kier alpha value is -1.38. The zero-order valence-corrected chi connectivity index (χ0v) is 7.87. The van der Waals surface area contributed by atoms with Gasteiger partial charge in [-0.3, -0.25) is 4.98 Å². The van der Waals surface area contributed by atoms with Gasteiger partial charge in [0.05, 0.1) is 5.56 Å². The largest absolute Gasteiger partial charge is 0.478 e. The zero-order valence-electron chi connectivity index (χ0n) is 7.87. The highest BCUT2D eigenvalue weighted by molar-refractivity contribution is 5.87. The van der Waals surface area contributed by atoms with Gasteiger partial charge in [0.15, 0.2) is 0 Å². The molecule has 0 aliphatic carbocycles. The van der Waals surface area contributed by atoms with Gasteiger partial charge in [-0.15, -0.1) is 0 Å². The van der Waals surface area contributed by atoms with Crippen LogP contribution >= 0.6 is 0 Å². The first-order chi connectivity index (χ1) is 6.15. The van der Waals surface area contributed by atoms with Crippen LogP contribution < -0.4 is 0 Å². The third kappa shape index (κ3) is 2.28. The number of rotatable bonds is 3. The Morgan fingerprint density at radius 3 is 2.77 bits per heavy atom. The van der Waals surface area contributed by atoms with Crippen molar-refractivity contribution in [2.24, 2.45) is 0 Å². The Bertz CT molecular complexity index is 321. The van der Waals surface area contributed by atoms with Crippen LogP contribution in [0.2, 0.25) is 0 Å². The zero-order chi connectivity index (χ0) is 9.84. The lowest BCUT2D eigenvalue weighted by atomic mass is 10.1. The number of pyridine rings is 1. The van der Waals surface area contributed by atoms with E-state index in [9.17, 15) is 4.79 Å². The van der Waals surface area contributed by atoms with Crippen LogP contribution in [-0.2, 0) is 6.42 Å². The molecule has 0 spiro atoms. The van der Waals surface area contributed by atoms with Gasteiger partial charge in [-0.1, -0.05) is 13.3 Å². The lowest BCUT2D eigenvalue weighted by molar-refractivity contribution is 0.0696. The second-order valence-electron chi connectivity index (χ2n) is 3.04. The van der Waals surface area contributed by atoms with E-state index in [4.69, 9.17) is 5.11 Å². The summed E-state index contributed by atoms with van der Waals surface area (Å²) in [6.07, 6.45) is 3.35. The molecule has 1 rings (SSSR count). The molecule has 70 valence electrons. The number of carboxylic acid groups (broad SMARTS) is 1. The normalized spacial score (nSPS) is 10.0. The molecule has 1 aromatic rings. The molecule has 0 amide bonds. The Balaban J connectivity index is 2.98. The second kappa shape index (κ2) is 4.03. The Labute approximate surface area is 77.4 Å². The first-order valence-corrected chi connectivity index (χ1v) is 4.34. The van der Waals surface area contributed by atoms with E-state index < -0.39 is 5.97 Å². The molecule has 0 saturated carbocycles. The molecule has 0 bridgehead atoms. The SMILES string of the molecule is CCCc1ncc(C(=O)O)cc1C. The smallest absolute Gasteiger partial charge is 0.337 e. The van der Waals surface area contributed by atoms with Crippen LogP contribution in [0.4, 0.5) is 0 Å². The van der Waals surface area contributed by atoms with Gasteiger partial charge in [0.2, 0.25) is 0 Å². The molecule has 0 unspecified atom stereocenters. The highest BCUT2D eigenvalue weighted by Gasteiger charge is 2.05. The van der Waals surface area contributed by atoms with Gasteiger partial charge in [-0.25, -0.2) is 4.79 Å². The molecule has 0 radical (unpaired) electrons. The average Bonchev–Trinajstić information content (AvgIpc) is 2.08.